The molecule has 3 N–H and O–H groups in total. The minimum absolute atomic E-state index is 0.0112. The number of carbonyl (C=O) groups is 2. The Kier molecular flexibility index (Phi) is 8.64. The lowest BCUT2D eigenvalue weighted by molar-refractivity contribution is -0.137. The molecule has 1 saturated heterocycles. The first kappa shape index (κ1) is 28.9. The van der Waals surface area contributed by atoms with E-state index in [0.717, 1.165) is 11.6 Å². The summed E-state index contributed by atoms with van der Waals surface area (Å²) in [6.45, 7) is 7.31. The van der Waals surface area contributed by atoms with Crippen molar-refractivity contribution in [3.8, 4) is 0 Å². The Labute approximate surface area is 232 Å². The van der Waals surface area contributed by atoms with Crippen molar-refractivity contribution in [3.63, 3.8) is 0 Å². The van der Waals surface area contributed by atoms with E-state index < -0.39 is 40.3 Å². The molecule has 0 aliphatic carbocycles. The first-order chi connectivity index (χ1) is 18.9. The van der Waals surface area contributed by atoms with E-state index in [4.69, 9.17) is 0 Å². The van der Waals surface area contributed by atoms with Crippen molar-refractivity contribution < 1.29 is 27.5 Å². The predicted molar refractivity (Wildman–Crippen MR) is 147 cm³/mol. The van der Waals surface area contributed by atoms with Gasteiger partial charge < -0.3 is 20.2 Å². The molecule has 11 nitrogen and oxygen atoms in total. The molecule has 1 amide bonds. The lowest BCUT2D eigenvalue weighted by atomic mass is 10.1. The van der Waals surface area contributed by atoms with Gasteiger partial charge in [0, 0.05) is 44.1 Å². The maximum absolute atomic E-state index is 15.1. The zero-order valence-corrected chi connectivity index (χ0v) is 23.2. The van der Waals surface area contributed by atoms with Crippen LogP contribution in [0.25, 0.3) is 0 Å². The number of amides is 1. The van der Waals surface area contributed by atoms with Gasteiger partial charge in [-0.05, 0) is 56.2 Å². The molecule has 40 heavy (non-hydrogen) atoms. The summed E-state index contributed by atoms with van der Waals surface area (Å²) in [5.74, 6) is -2.16. The predicted octanol–water partition coefficient (Wildman–Crippen LogP) is 2.38. The fourth-order valence-corrected chi connectivity index (χ4v) is 6.48. The van der Waals surface area contributed by atoms with E-state index in [1.54, 1.807) is 44.4 Å². The number of nitrogens with one attached hydrogen (secondary N) is 2. The minimum atomic E-state index is -4.19. The Bertz CT molecular complexity index is 1490. The van der Waals surface area contributed by atoms with Gasteiger partial charge >= 0.3 is 5.97 Å². The molecule has 212 valence electrons. The van der Waals surface area contributed by atoms with Gasteiger partial charge in [-0.2, -0.15) is 4.72 Å². The van der Waals surface area contributed by atoms with Crippen molar-refractivity contribution in [2.75, 3.05) is 36.0 Å². The van der Waals surface area contributed by atoms with Crippen molar-refractivity contribution in [3.05, 3.63) is 76.9 Å². The summed E-state index contributed by atoms with van der Waals surface area (Å²) in [5, 5.41) is 11.7. The smallest absolute Gasteiger partial charge is 0.306 e. The Balaban J connectivity index is 1.46. The average Bonchev–Trinajstić information content (AvgIpc) is 2.87. The number of anilines is 2. The molecule has 1 fully saturated rings. The number of aromatic nitrogens is 2. The van der Waals surface area contributed by atoms with Crippen LogP contribution in [0.3, 0.4) is 0 Å². The first-order valence-electron chi connectivity index (χ1n) is 12.6. The molecule has 1 aliphatic heterocycles. The second-order valence-electron chi connectivity index (χ2n) is 9.66. The number of carbonyl (C=O) groups excluding carboxylic acids is 1. The number of benzene rings is 2. The molecular weight excluding hydrogens is 539 g/mol. The van der Waals surface area contributed by atoms with Gasteiger partial charge in [-0.25, -0.2) is 22.8 Å². The highest BCUT2D eigenvalue weighted by Gasteiger charge is 2.27. The highest BCUT2D eigenvalue weighted by atomic mass is 32.2. The highest BCUT2D eigenvalue weighted by Crippen LogP contribution is 2.24. The molecule has 0 bridgehead atoms. The van der Waals surface area contributed by atoms with Crippen LogP contribution in [0.5, 0.6) is 0 Å². The largest absolute Gasteiger partial charge is 0.481 e. The summed E-state index contributed by atoms with van der Waals surface area (Å²) in [7, 11) is -4.19. The zero-order chi connectivity index (χ0) is 29.0. The lowest BCUT2D eigenvalue weighted by Gasteiger charge is -2.36. The lowest BCUT2D eigenvalue weighted by Crippen LogP contribution is -2.49. The minimum Gasteiger partial charge on any atom is -0.481 e. The van der Waals surface area contributed by atoms with Crippen molar-refractivity contribution >= 4 is 33.5 Å². The third-order valence-electron chi connectivity index (χ3n) is 6.52. The standard InChI is InChI=1S/C27H31FN6O5S/c1-17-13-18(2)25(19(3)14-17)40(38,39)32-23(16-24(35)36)31-26(37)20-5-6-22(21(28)15-20)33-9-11-34(12-10-33)27-29-7-4-8-30-27/h4-8,13-15,23,32H,9-12,16H2,1-3H3,(H,31,37)(H,35,36). The second-order valence-corrected chi connectivity index (χ2v) is 11.3. The summed E-state index contributed by atoms with van der Waals surface area (Å²) in [5.41, 5.74) is 2.09. The van der Waals surface area contributed by atoms with Gasteiger partial charge in [0.25, 0.3) is 5.91 Å². The summed E-state index contributed by atoms with van der Waals surface area (Å²) in [6.07, 6.45) is 1.14. The van der Waals surface area contributed by atoms with E-state index in [0.29, 0.717) is 48.9 Å². The molecule has 0 spiro atoms. The second kappa shape index (κ2) is 12.0. The van der Waals surface area contributed by atoms with Crippen LogP contribution in [-0.2, 0) is 14.8 Å². The fourth-order valence-electron chi connectivity index (χ4n) is 4.88. The summed E-state index contributed by atoms with van der Waals surface area (Å²) < 4.78 is 43.7. The van der Waals surface area contributed by atoms with Gasteiger partial charge in [-0.15, -0.1) is 0 Å². The molecule has 2 heterocycles. The molecule has 0 radical (unpaired) electrons. The number of carboxylic acid groups (broad SMARTS) is 1. The monoisotopic (exact) mass is 570 g/mol. The molecule has 4 rings (SSSR count). The third kappa shape index (κ3) is 6.72. The number of carboxylic acids is 1. The maximum atomic E-state index is 15.1. The van der Waals surface area contributed by atoms with Gasteiger partial charge in [0.2, 0.25) is 16.0 Å². The number of aliphatic carboxylic acids is 1. The number of halogens is 1. The van der Waals surface area contributed by atoms with Crippen molar-refractivity contribution in [2.45, 2.75) is 38.3 Å². The van der Waals surface area contributed by atoms with Crippen molar-refractivity contribution in [1.82, 2.24) is 20.0 Å². The first-order valence-corrected chi connectivity index (χ1v) is 14.1. The summed E-state index contributed by atoms with van der Waals surface area (Å²) >= 11 is 0. The van der Waals surface area contributed by atoms with Gasteiger partial charge in [0.15, 0.2) is 0 Å². The number of sulfonamides is 1. The Hall–Kier alpha value is -4.10. The molecule has 1 atom stereocenters. The SMILES string of the molecule is Cc1cc(C)c(S(=O)(=O)NC(CC(=O)O)NC(=O)c2ccc(N3CCN(c4ncccn4)CC3)c(F)c2)c(C)c1. The molecule has 3 aromatic rings. The molecule has 2 aromatic carbocycles. The van der Waals surface area contributed by atoms with Crippen molar-refractivity contribution in [1.29, 1.82) is 0 Å². The van der Waals surface area contributed by atoms with E-state index in [1.807, 2.05) is 16.7 Å². The topological polar surface area (TPSA) is 145 Å². The molecule has 13 heteroatoms. The van der Waals surface area contributed by atoms with Crippen LogP contribution < -0.4 is 19.8 Å². The Morgan fingerprint density at radius 1 is 1.00 bits per heavy atom. The number of piperazine rings is 1. The van der Waals surface area contributed by atoms with E-state index in [9.17, 15) is 23.1 Å². The molecular formula is C27H31FN6O5S. The number of nitrogens with zero attached hydrogens (tertiary/aromatic N) is 4. The number of hydrogen-bond acceptors (Lipinski definition) is 8. The van der Waals surface area contributed by atoms with Crippen LogP contribution in [0.1, 0.15) is 33.5 Å². The Morgan fingerprint density at radius 2 is 1.60 bits per heavy atom. The van der Waals surface area contributed by atoms with Crippen LogP contribution >= 0.6 is 0 Å². The third-order valence-corrected chi connectivity index (χ3v) is 8.30. The summed E-state index contributed by atoms with van der Waals surface area (Å²) in [4.78, 5) is 36.7. The van der Waals surface area contributed by atoms with Gasteiger partial charge in [-0.3, -0.25) is 9.59 Å². The quantitative estimate of drug-likeness (QED) is 0.330. The zero-order valence-electron chi connectivity index (χ0n) is 22.4. The van der Waals surface area contributed by atoms with E-state index >= 15 is 4.39 Å². The summed E-state index contributed by atoms with van der Waals surface area (Å²) in [6, 6.07) is 9.09. The van der Waals surface area contributed by atoms with Crippen LogP contribution in [0.2, 0.25) is 0 Å². The van der Waals surface area contributed by atoms with E-state index in [-0.39, 0.29) is 10.5 Å². The molecule has 1 aliphatic rings. The van der Waals surface area contributed by atoms with Gasteiger partial charge in [0.1, 0.15) is 12.0 Å². The highest BCUT2D eigenvalue weighted by molar-refractivity contribution is 7.89. The normalized spacial score (nSPS) is 14.6. The van der Waals surface area contributed by atoms with E-state index in [1.165, 1.54) is 12.1 Å². The molecule has 0 saturated carbocycles. The van der Waals surface area contributed by atoms with Crippen LogP contribution in [0.4, 0.5) is 16.0 Å². The number of aryl methyl sites for hydroxylation is 3. The Morgan fingerprint density at radius 3 is 2.17 bits per heavy atom. The van der Waals surface area contributed by atoms with Gasteiger partial charge in [0.05, 0.1) is 17.0 Å². The van der Waals surface area contributed by atoms with Crippen LogP contribution in [0, 0.1) is 26.6 Å². The number of rotatable bonds is 9. The van der Waals surface area contributed by atoms with Crippen molar-refractivity contribution in [2.24, 2.45) is 0 Å². The maximum Gasteiger partial charge on any atom is 0.306 e. The average molecular weight is 571 g/mol. The van der Waals surface area contributed by atoms with Crippen LogP contribution in [-0.4, -0.2) is 67.7 Å². The van der Waals surface area contributed by atoms with E-state index in [2.05, 4.69) is 20.0 Å². The van der Waals surface area contributed by atoms with Gasteiger partial charge in [-0.1, -0.05) is 17.7 Å². The van der Waals surface area contributed by atoms with Crippen LogP contribution in [0.15, 0.2) is 53.7 Å². The molecule has 1 unspecified atom stereocenters. The molecule has 1 aromatic heterocycles. The number of hydrogen-bond donors (Lipinski definition) is 3. The fraction of sp³-hybridized carbons (Fsp3) is 0.333.